The van der Waals surface area contributed by atoms with E-state index in [0.29, 0.717) is 41.8 Å². The third-order valence-electron chi connectivity index (χ3n) is 4.54. The first-order chi connectivity index (χ1) is 13.4. The molecule has 28 heavy (non-hydrogen) atoms. The third-order valence-corrected chi connectivity index (χ3v) is 7.29. The number of thiophene rings is 1. The maximum absolute atomic E-state index is 12.9. The topological polar surface area (TPSA) is 105 Å². The predicted octanol–water partition coefficient (Wildman–Crippen LogP) is 2.87. The molecule has 1 N–H and O–H groups in total. The molecule has 1 atom stereocenters. The van der Waals surface area contributed by atoms with Crippen molar-refractivity contribution in [1.82, 2.24) is 14.4 Å². The van der Waals surface area contributed by atoms with Crippen molar-refractivity contribution in [2.45, 2.75) is 24.2 Å². The van der Waals surface area contributed by atoms with E-state index in [0.717, 1.165) is 0 Å². The minimum absolute atomic E-state index is 0.0969. The quantitative estimate of drug-likeness (QED) is 0.683. The van der Waals surface area contributed by atoms with Crippen LogP contribution in [0.5, 0.6) is 0 Å². The van der Waals surface area contributed by atoms with Crippen molar-refractivity contribution in [2.24, 2.45) is 0 Å². The number of carbonyl (C=O) groups excluding carboxylic acids is 1. The van der Waals surface area contributed by atoms with Gasteiger partial charge in [0.2, 0.25) is 15.9 Å². The lowest BCUT2D eigenvalue weighted by atomic mass is 10.1. The van der Waals surface area contributed by atoms with E-state index in [1.54, 1.807) is 31.2 Å². The molecule has 3 aromatic rings. The molecule has 0 aliphatic carbocycles. The Labute approximate surface area is 166 Å². The van der Waals surface area contributed by atoms with Crippen LogP contribution in [-0.2, 0) is 10.0 Å². The number of hydrogen-bond acceptors (Lipinski definition) is 7. The molecule has 0 radical (unpaired) electrons. The average molecular weight is 419 g/mol. The number of aromatic nitrogens is 2. The lowest BCUT2D eigenvalue weighted by Crippen LogP contribution is -2.28. The Hall–Kier alpha value is -2.56. The van der Waals surface area contributed by atoms with E-state index < -0.39 is 10.0 Å². The van der Waals surface area contributed by atoms with Gasteiger partial charge in [0.25, 0.3) is 5.91 Å². The van der Waals surface area contributed by atoms with Crippen molar-refractivity contribution in [1.29, 1.82) is 0 Å². The summed E-state index contributed by atoms with van der Waals surface area (Å²) in [5, 5.41) is 8.35. The molecule has 8 nitrogen and oxygen atoms in total. The molecule has 1 aromatic carbocycles. The largest absolute Gasteiger partial charge is 0.339 e. The van der Waals surface area contributed by atoms with Crippen LogP contribution in [0.2, 0.25) is 0 Å². The van der Waals surface area contributed by atoms with Gasteiger partial charge in [-0.2, -0.15) is 9.29 Å². The number of rotatable bonds is 5. The van der Waals surface area contributed by atoms with Gasteiger partial charge in [-0.3, -0.25) is 4.79 Å². The monoisotopic (exact) mass is 418 g/mol. The van der Waals surface area contributed by atoms with Gasteiger partial charge in [0.1, 0.15) is 0 Å². The summed E-state index contributed by atoms with van der Waals surface area (Å²) < 4.78 is 32.4. The molecule has 0 bridgehead atoms. The van der Waals surface area contributed by atoms with Crippen molar-refractivity contribution in [2.75, 3.05) is 18.4 Å². The fraction of sp³-hybridized carbons (Fsp3) is 0.278. The van der Waals surface area contributed by atoms with Gasteiger partial charge in [-0.15, -0.1) is 11.3 Å². The summed E-state index contributed by atoms with van der Waals surface area (Å²) in [6, 6.07) is 9.72. The van der Waals surface area contributed by atoms with Crippen molar-refractivity contribution < 1.29 is 17.7 Å². The molecule has 1 amide bonds. The lowest BCUT2D eigenvalue weighted by Gasteiger charge is -2.16. The van der Waals surface area contributed by atoms with Crippen molar-refractivity contribution in [3.8, 4) is 0 Å². The Morgan fingerprint density at radius 3 is 2.71 bits per heavy atom. The van der Waals surface area contributed by atoms with Gasteiger partial charge in [0, 0.05) is 18.8 Å². The minimum Gasteiger partial charge on any atom is -0.339 e. The number of hydrogen-bond donors (Lipinski definition) is 1. The van der Waals surface area contributed by atoms with Crippen LogP contribution in [0.15, 0.2) is 51.2 Å². The molecule has 3 heterocycles. The van der Waals surface area contributed by atoms with Gasteiger partial charge in [-0.1, -0.05) is 11.2 Å². The molecule has 2 aromatic heterocycles. The molecule has 10 heteroatoms. The highest BCUT2D eigenvalue weighted by Gasteiger charge is 2.35. The van der Waals surface area contributed by atoms with Crippen LogP contribution in [0.1, 0.15) is 33.7 Å². The van der Waals surface area contributed by atoms with E-state index in [4.69, 9.17) is 4.52 Å². The van der Waals surface area contributed by atoms with E-state index in [1.165, 1.54) is 27.8 Å². The number of benzene rings is 1. The van der Waals surface area contributed by atoms with E-state index in [9.17, 15) is 13.2 Å². The molecule has 0 saturated carbocycles. The van der Waals surface area contributed by atoms with Gasteiger partial charge in [-0.05, 0) is 49.1 Å². The summed E-state index contributed by atoms with van der Waals surface area (Å²) in [4.78, 5) is 17.1. The van der Waals surface area contributed by atoms with Gasteiger partial charge in [0.15, 0.2) is 5.82 Å². The average Bonchev–Trinajstić information content (AvgIpc) is 3.43. The minimum atomic E-state index is -3.63. The first-order valence-corrected chi connectivity index (χ1v) is 11.0. The molecule has 1 fully saturated rings. The number of sulfonamides is 1. The Morgan fingerprint density at radius 1 is 1.29 bits per heavy atom. The zero-order valence-corrected chi connectivity index (χ0v) is 16.7. The van der Waals surface area contributed by atoms with Crippen LogP contribution in [0.4, 0.5) is 5.69 Å². The highest BCUT2D eigenvalue weighted by Crippen LogP contribution is 2.30. The molecule has 4 rings (SSSR count). The Morgan fingerprint density at radius 2 is 2.07 bits per heavy atom. The van der Waals surface area contributed by atoms with Crippen LogP contribution in [0.3, 0.4) is 0 Å². The Bertz CT molecular complexity index is 1080. The second-order valence-corrected chi connectivity index (χ2v) is 9.37. The van der Waals surface area contributed by atoms with Crippen LogP contribution in [0.25, 0.3) is 0 Å². The number of anilines is 1. The maximum atomic E-state index is 12.9. The first kappa shape index (κ1) is 18.8. The lowest BCUT2D eigenvalue weighted by molar-refractivity contribution is 0.103. The molecule has 146 valence electrons. The summed E-state index contributed by atoms with van der Waals surface area (Å²) in [7, 11) is -3.63. The maximum Gasteiger partial charge on any atom is 0.265 e. The van der Waals surface area contributed by atoms with Crippen LogP contribution in [-0.4, -0.2) is 41.9 Å². The van der Waals surface area contributed by atoms with Crippen LogP contribution < -0.4 is 5.32 Å². The zero-order valence-electron chi connectivity index (χ0n) is 15.0. The van der Waals surface area contributed by atoms with E-state index in [1.807, 2.05) is 5.38 Å². The molecule has 0 spiro atoms. The number of nitrogens with zero attached hydrogens (tertiary/aromatic N) is 3. The van der Waals surface area contributed by atoms with E-state index in [2.05, 4.69) is 15.5 Å². The second kappa shape index (κ2) is 7.46. The number of carbonyl (C=O) groups is 1. The van der Waals surface area contributed by atoms with Crippen molar-refractivity contribution in [3.63, 3.8) is 0 Å². The second-order valence-electron chi connectivity index (χ2n) is 6.48. The molecule has 1 unspecified atom stereocenters. The zero-order chi connectivity index (χ0) is 19.7. The standard InChI is InChI=1S/C18H18N4O4S2/c1-12-19-18(26-21-12)13-8-9-22(11-13)28(24,25)15-6-4-14(5-7-15)20-17(23)16-3-2-10-27-16/h2-7,10,13H,8-9,11H2,1H3,(H,20,23). The van der Waals surface area contributed by atoms with Crippen LogP contribution in [0, 0.1) is 6.92 Å². The Kier molecular flexibility index (Phi) is 5.00. The summed E-state index contributed by atoms with van der Waals surface area (Å²) in [5.41, 5.74) is 0.540. The van der Waals surface area contributed by atoms with Gasteiger partial charge >= 0.3 is 0 Å². The fourth-order valence-electron chi connectivity index (χ4n) is 3.09. The SMILES string of the molecule is Cc1noc(C2CCN(S(=O)(=O)c3ccc(NC(=O)c4cccs4)cc3)C2)n1. The van der Waals surface area contributed by atoms with Crippen LogP contribution >= 0.6 is 11.3 Å². The van der Waals surface area contributed by atoms with Crippen molar-refractivity contribution >= 4 is 33.0 Å². The smallest absolute Gasteiger partial charge is 0.265 e. The van der Waals surface area contributed by atoms with Crippen molar-refractivity contribution in [3.05, 3.63) is 58.4 Å². The molecular weight excluding hydrogens is 400 g/mol. The fourth-order valence-corrected chi connectivity index (χ4v) is 5.21. The van der Waals surface area contributed by atoms with E-state index in [-0.39, 0.29) is 16.7 Å². The van der Waals surface area contributed by atoms with Gasteiger partial charge in [-0.25, -0.2) is 8.42 Å². The van der Waals surface area contributed by atoms with Gasteiger partial charge in [0.05, 0.1) is 15.7 Å². The normalized spacial score (nSPS) is 17.7. The molecular formula is C18H18N4O4S2. The molecule has 1 aliphatic heterocycles. The predicted molar refractivity (Wildman–Crippen MR) is 104 cm³/mol. The first-order valence-electron chi connectivity index (χ1n) is 8.69. The summed E-state index contributed by atoms with van der Waals surface area (Å²) in [5.74, 6) is 0.696. The molecule has 1 aliphatic rings. The number of amides is 1. The number of nitrogens with one attached hydrogen (secondary N) is 1. The third kappa shape index (κ3) is 3.71. The highest BCUT2D eigenvalue weighted by atomic mass is 32.2. The molecule has 1 saturated heterocycles. The summed E-state index contributed by atoms with van der Waals surface area (Å²) in [6.07, 6.45) is 0.635. The van der Waals surface area contributed by atoms with E-state index >= 15 is 0 Å². The summed E-state index contributed by atoms with van der Waals surface area (Å²) in [6.45, 7) is 2.43. The highest BCUT2D eigenvalue weighted by molar-refractivity contribution is 7.89. The number of aryl methyl sites for hydroxylation is 1. The Balaban J connectivity index is 1.45. The summed E-state index contributed by atoms with van der Waals surface area (Å²) >= 11 is 1.34. The van der Waals surface area contributed by atoms with Gasteiger partial charge < -0.3 is 9.84 Å².